The normalized spacial score (nSPS) is 13.6. The second kappa shape index (κ2) is 6.77. The van der Waals surface area contributed by atoms with Gasteiger partial charge in [0.2, 0.25) is 5.91 Å². The highest BCUT2D eigenvalue weighted by molar-refractivity contribution is 8.00. The fraction of sp³-hybridized carbons (Fsp3) is 0.125. The molecule has 25 heavy (non-hydrogen) atoms. The number of carbonyl (C=O) groups excluding carboxylic acids is 2. The minimum atomic E-state index is -4.04. The van der Waals surface area contributed by atoms with E-state index < -0.39 is 15.9 Å². The molecule has 0 spiro atoms. The van der Waals surface area contributed by atoms with E-state index in [0.29, 0.717) is 17.2 Å². The molecule has 130 valence electrons. The second-order valence-corrected chi connectivity index (χ2v) is 7.86. The number of ether oxygens (including phenoxy) is 1. The van der Waals surface area contributed by atoms with Crippen LogP contribution in [0.3, 0.4) is 0 Å². The van der Waals surface area contributed by atoms with E-state index in [4.69, 9.17) is 4.74 Å². The van der Waals surface area contributed by atoms with Crippen molar-refractivity contribution in [1.82, 2.24) is 4.72 Å². The summed E-state index contributed by atoms with van der Waals surface area (Å²) in [5.74, 6) is -0.277. The maximum absolute atomic E-state index is 12.4. The van der Waals surface area contributed by atoms with E-state index in [-0.39, 0.29) is 16.4 Å². The number of nitrogens with one attached hydrogen (secondary N) is 2. The summed E-state index contributed by atoms with van der Waals surface area (Å²) in [4.78, 5) is 24.5. The minimum Gasteiger partial charge on any atom is -0.497 e. The lowest BCUT2D eigenvalue weighted by molar-refractivity contribution is -0.113. The van der Waals surface area contributed by atoms with Crippen molar-refractivity contribution >= 4 is 39.3 Å². The summed E-state index contributed by atoms with van der Waals surface area (Å²) in [6.45, 7) is 0. The highest BCUT2D eigenvalue weighted by atomic mass is 32.2. The minimum absolute atomic E-state index is 0.0815. The van der Waals surface area contributed by atoms with Crippen molar-refractivity contribution in [1.29, 1.82) is 0 Å². The molecule has 0 saturated heterocycles. The van der Waals surface area contributed by atoms with Crippen LogP contribution >= 0.6 is 11.8 Å². The molecular formula is C16H14N2O5S2. The first-order valence-electron chi connectivity index (χ1n) is 7.17. The third kappa shape index (κ3) is 3.77. The summed E-state index contributed by atoms with van der Waals surface area (Å²) < 4.78 is 31.7. The van der Waals surface area contributed by atoms with E-state index >= 15 is 0 Å². The Labute approximate surface area is 148 Å². The average Bonchev–Trinajstić information content (AvgIpc) is 2.60. The van der Waals surface area contributed by atoms with Gasteiger partial charge in [0.25, 0.3) is 15.9 Å². The standard InChI is InChI=1S/C16H14N2O5S2/c1-23-11-3-2-4-12(8-11)25(21,22)18-16(20)10-5-6-14-13(7-10)17-15(19)9-24-14/h2-8H,9H2,1H3,(H,17,19)(H,18,20). The topological polar surface area (TPSA) is 102 Å². The number of carbonyl (C=O) groups is 2. The Morgan fingerprint density at radius 1 is 1.24 bits per heavy atom. The molecule has 2 aromatic rings. The fourth-order valence-corrected chi connectivity index (χ4v) is 4.03. The Kier molecular flexibility index (Phi) is 4.69. The number of thioether (sulfide) groups is 1. The summed E-state index contributed by atoms with van der Waals surface area (Å²) in [6, 6.07) is 10.4. The van der Waals surface area contributed by atoms with Crippen LogP contribution in [0.5, 0.6) is 5.75 Å². The van der Waals surface area contributed by atoms with Crippen LogP contribution in [0.15, 0.2) is 52.3 Å². The van der Waals surface area contributed by atoms with Gasteiger partial charge < -0.3 is 10.1 Å². The van der Waals surface area contributed by atoms with Crippen molar-refractivity contribution in [2.45, 2.75) is 9.79 Å². The molecule has 1 aliphatic heterocycles. The molecule has 9 heteroatoms. The number of fused-ring (bicyclic) bond motifs is 1. The maximum atomic E-state index is 12.4. The summed E-state index contributed by atoms with van der Waals surface area (Å²) in [5.41, 5.74) is 0.626. The van der Waals surface area contributed by atoms with E-state index in [0.717, 1.165) is 4.90 Å². The van der Waals surface area contributed by atoms with E-state index in [2.05, 4.69) is 5.32 Å². The zero-order valence-electron chi connectivity index (χ0n) is 13.1. The van der Waals surface area contributed by atoms with Gasteiger partial charge >= 0.3 is 0 Å². The molecule has 0 unspecified atom stereocenters. The zero-order chi connectivity index (χ0) is 18.0. The molecule has 0 aromatic heterocycles. The third-order valence-corrected chi connectivity index (χ3v) is 5.86. The summed E-state index contributed by atoms with van der Waals surface area (Å²) in [7, 11) is -2.62. The van der Waals surface area contributed by atoms with Gasteiger partial charge in [0.05, 0.1) is 23.4 Å². The molecule has 0 bridgehead atoms. The summed E-state index contributed by atoms with van der Waals surface area (Å²) >= 11 is 1.36. The van der Waals surface area contributed by atoms with Crippen LogP contribution in [0, 0.1) is 0 Å². The Hall–Kier alpha value is -2.52. The number of amides is 2. The van der Waals surface area contributed by atoms with Crippen LogP contribution in [0.2, 0.25) is 0 Å². The Morgan fingerprint density at radius 3 is 2.80 bits per heavy atom. The third-order valence-electron chi connectivity index (χ3n) is 3.45. The number of benzene rings is 2. The second-order valence-electron chi connectivity index (χ2n) is 5.16. The van der Waals surface area contributed by atoms with Crippen LogP contribution in [0.4, 0.5) is 5.69 Å². The van der Waals surface area contributed by atoms with E-state index in [1.807, 2.05) is 4.72 Å². The van der Waals surface area contributed by atoms with Crippen molar-refractivity contribution in [3.63, 3.8) is 0 Å². The molecule has 1 heterocycles. The molecule has 2 amide bonds. The molecule has 0 saturated carbocycles. The lowest BCUT2D eigenvalue weighted by Gasteiger charge is -2.17. The average molecular weight is 378 g/mol. The van der Waals surface area contributed by atoms with Gasteiger partial charge in [-0.25, -0.2) is 13.1 Å². The van der Waals surface area contributed by atoms with Crippen LogP contribution in [-0.4, -0.2) is 33.1 Å². The van der Waals surface area contributed by atoms with Crippen molar-refractivity contribution < 1.29 is 22.7 Å². The first-order valence-corrected chi connectivity index (χ1v) is 9.64. The maximum Gasteiger partial charge on any atom is 0.265 e. The molecule has 2 aromatic carbocycles. The van der Waals surface area contributed by atoms with Crippen molar-refractivity contribution in [2.24, 2.45) is 0 Å². The van der Waals surface area contributed by atoms with Crippen LogP contribution in [0.25, 0.3) is 0 Å². The first-order chi connectivity index (χ1) is 11.9. The van der Waals surface area contributed by atoms with Gasteiger partial charge in [-0.1, -0.05) is 6.07 Å². The molecule has 0 atom stereocenters. The van der Waals surface area contributed by atoms with E-state index in [1.165, 1.54) is 49.2 Å². The van der Waals surface area contributed by atoms with Gasteiger partial charge in [-0.15, -0.1) is 11.8 Å². The Bertz CT molecular complexity index is 957. The molecule has 1 aliphatic rings. The van der Waals surface area contributed by atoms with Gasteiger partial charge in [-0.05, 0) is 30.3 Å². The van der Waals surface area contributed by atoms with Crippen LogP contribution in [-0.2, 0) is 14.8 Å². The molecule has 2 N–H and O–H groups in total. The number of sulfonamides is 1. The largest absolute Gasteiger partial charge is 0.497 e. The lowest BCUT2D eigenvalue weighted by Crippen LogP contribution is -2.30. The number of anilines is 1. The van der Waals surface area contributed by atoms with Crippen molar-refractivity contribution in [2.75, 3.05) is 18.2 Å². The van der Waals surface area contributed by atoms with Gasteiger partial charge in [-0.2, -0.15) is 0 Å². The molecule has 0 aliphatic carbocycles. The number of hydrogen-bond donors (Lipinski definition) is 2. The quantitative estimate of drug-likeness (QED) is 0.842. The van der Waals surface area contributed by atoms with Crippen molar-refractivity contribution in [3.05, 3.63) is 48.0 Å². The fourth-order valence-electron chi connectivity index (χ4n) is 2.23. The van der Waals surface area contributed by atoms with E-state index in [9.17, 15) is 18.0 Å². The summed E-state index contributed by atoms with van der Waals surface area (Å²) in [5, 5.41) is 2.66. The smallest absolute Gasteiger partial charge is 0.265 e. The molecule has 0 fully saturated rings. The Morgan fingerprint density at radius 2 is 2.04 bits per heavy atom. The van der Waals surface area contributed by atoms with E-state index in [1.54, 1.807) is 12.1 Å². The first kappa shape index (κ1) is 17.3. The van der Waals surface area contributed by atoms with Crippen LogP contribution < -0.4 is 14.8 Å². The SMILES string of the molecule is COc1cccc(S(=O)(=O)NC(=O)c2ccc3c(c2)NC(=O)CS3)c1. The molecule has 7 nitrogen and oxygen atoms in total. The van der Waals surface area contributed by atoms with Crippen LogP contribution in [0.1, 0.15) is 10.4 Å². The molecule has 3 rings (SSSR count). The molecule has 0 radical (unpaired) electrons. The highest BCUT2D eigenvalue weighted by Gasteiger charge is 2.21. The van der Waals surface area contributed by atoms with Gasteiger partial charge in [-0.3, -0.25) is 9.59 Å². The predicted molar refractivity (Wildman–Crippen MR) is 93.4 cm³/mol. The van der Waals surface area contributed by atoms with Crippen molar-refractivity contribution in [3.8, 4) is 5.75 Å². The highest BCUT2D eigenvalue weighted by Crippen LogP contribution is 2.32. The van der Waals surface area contributed by atoms with Gasteiger partial charge in [0, 0.05) is 16.5 Å². The lowest BCUT2D eigenvalue weighted by atomic mass is 10.2. The van der Waals surface area contributed by atoms with Gasteiger partial charge in [0.15, 0.2) is 0 Å². The van der Waals surface area contributed by atoms with Gasteiger partial charge in [0.1, 0.15) is 5.75 Å². The number of methoxy groups -OCH3 is 1. The zero-order valence-corrected chi connectivity index (χ0v) is 14.7. The Balaban J connectivity index is 1.84. The predicted octanol–water partition coefficient (Wildman–Crippen LogP) is 1.86. The summed E-state index contributed by atoms with van der Waals surface area (Å²) in [6.07, 6.45) is 0. The number of hydrogen-bond acceptors (Lipinski definition) is 6. The number of rotatable bonds is 4. The monoisotopic (exact) mass is 378 g/mol. The molecular weight excluding hydrogens is 364 g/mol.